The van der Waals surface area contributed by atoms with Crippen LogP contribution in [0.3, 0.4) is 0 Å². The molecule has 27 heavy (non-hydrogen) atoms. The summed E-state index contributed by atoms with van der Waals surface area (Å²) in [5, 5.41) is 4.68. The minimum absolute atomic E-state index is 0.0541. The fourth-order valence-corrected chi connectivity index (χ4v) is 4.90. The van der Waals surface area contributed by atoms with Crippen LogP contribution in [-0.2, 0) is 12.1 Å². The van der Waals surface area contributed by atoms with Crippen molar-refractivity contribution in [3.8, 4) is 0 Å². The zero-order valence-electron chi connectivity index (χ0n) is 16.8. The van der Waals surface area contributed by atoms with E-state index in [9.17, 15) is 4.79 Å². The highest BCUT2D eigenvalue weighted by Crippen LogP contribution is 2.25. The van der Waals surface area contributed by atoms with Gasteiger partial charge in [0.1, 0.15) is 0 Å². The van der Waals surface area contributed by atoms with Gasteiger partial charge in [0.25, 0.3) is 5.91 Å². The molecular weight excluding hydrogens is 424 g/mol. The highest BCUT2D eigenvalue weighted by Gasteiger charge is 2.28. The van der Waals surface area contributed by atoms with Gasteiger partial charge in [0.2, 0.25) is 0 Å². The fraction of sp³-hybridized carbons (Fsp3) is 0.600. The molecule has 1 saturated heterocycles. The standard InChI is InChI=1S/C20H29BrN4OS/c1-14(2)17-12-16(22-25(17)20(3,4)5)19(26)24-10-8-23(9-11-24)13-15-6-7-18(21)27-15/h6-7,12,14H,8-11,13H2,1-5H3. The van der Waals surface area contributed by atoms with Crippen LogP contribution in [0.15, 0.2) is 22.0 Å². The number of thiophene rings is 1. The fourth-order valence-electron chi connectivity index (χ4n) is 3.38. The molecule has 5 nitrogen and oxygen atoms in total. The molecule has 1 aliphatic heterocycles. The Labute approximate surface area is 174 Å². The smallest absolute Gasteiger partial charge is 0.274 e. The number of carbonyl (C=O) groups is 1. The minimum Gasteiger partial charge on any atom is -0.335 e. The average molecular weight is 453 g/mol. The first kappa shape index (κ1) is 20.6. The van der Waals surface area contributed by atoms with Gasteiger partial charge in [-0.1, -0.05) is 13.8 Å². The number of amides is 1. The number of piperazine rings is 1. The summed E-state index contributed by atoms with van der Waals surface area (Å²) in [6.45, 7) is 14.9. The number of nitrogens with zero attached hydrogens (tertiary/aromatic N) is 4. The lowest BCUT2D eigenvalue weighted by atomic mass is 10.1. The van der Waals surface area contributed by atoms with Gasteiger partial charge in [-0.3, -0.25) is 14.4 Å². The molecule has 1 fully saturated rings. The van der Waals surface area contributed by atoms with Crippen LogP contribution < -0.4 is 0 Å². The second kappa shape index (κ2) is 8.05. The van der Waals surface area contributed by atoms with Crippen LogP contribution in [0.4, 0.5) is 0 Å². The van der Waals surface area contributed by atoms with Gasteiger partial charge in [0.15, 0.2) is 5.69 Å². The molecule has 2 aromatic rings. The summed E-state index contributed by atoms with van der Waals surface area (Å²) >= 11 is 5.30. The van der Waals surface area contributed by atoms with Gasteiger partial charge in [-0.2, -0.15) is 5.10 Å². The van der Waals surface area contributed by atoms with Crippen molar-refractivity contribution in [1.82, 2.24) is 19.6 Å². The Kier molecular flexibility index (Phi) is 6.13. The first-order chi connectivity index (χ1) is 12.6. The Hall–Kier alpha value is -1.18. The van der Waals surface area contributed by atoms with Gasteiger partial charge in [-0.25, -0.2) is 0 Å². The Balaban J connectivity index is 1.65. The third-order valence-electron chi connectivity index (χ3n) is 4.85. The number of hydrogen-bond acceptors (Lipinski definition) is 4. The zero-order valence-corrected chi connectivity index (χ0v) is 19.2. The third kappa shape index (κ3) is 4.81. The molecule has 1 aliphatic rings. The molecule has 3 heterocycles. The maximum atomic E-state index is 13.0. The molecule has 0 aromatic carbocycles. The monoisotopic (exact) mass is 452 g/mol. The van der Waals surface area contributed by atoms with Gasteiger partial charge < -0.3 is 4.90 Å². The third-order valence-corrected chi connectivity index (χ3v) is 6.46. The predicted molar refractivity (Wildman–Crippen MR) is 115 cm³/mol. The van der Waals surface area contributed by atoms with Gasteiger partial charge in [0, 0.05) is 43.3 Å². The lowest BCUT2D eigenvalue weighted by Crippen LogP contribution is -2.48. The van der Waals surface area contributed by atoms with E-state index in [-0.39, 0.29) is 11.4 Å². The van der Waals surface area contributed by atoms with Crippen molar-refractivity contribution in [3.63, 3.8) is 0 Å². The van der Waals surface area contributed by atoms with Crippen LogP contribution in [0.25, 0.3) is 0 Å². The topological polar surface area (TPSA) is 41.4 Å². The number of carbonyl (C=O) groups excluding carboxylic acids is 1. The van der Waals surface area contributed by atoms with E-state index in [2.05, 4.69) is 72.7 Å². The van der Waals surface area contributed by atoms with Crippen LogP contribution in [0.1, 0.15) is 61.6 Å². The van der Waals surface area contributed by atoms with E-state index in [1.54, 1.807) is 11.3 Å². The first-order valence-electron chi connectivity index (χ1n) is 9.51. The van der Waals surface area contributed by atoms with E-state index in [1.165, 1.54) is 8.66 Å². The molecule has 1 amide bonds. The minimum atomic E-state index is -0.133. The summed E-state index contributed by atoms with van der Waals surface area (Å²) < 4.78 is 3.18. The van der Waals surface area contributed by atoms with E-state index in [0.29, 0.717) is 11.6 Å². The summed E-state index contributed by atoms with van der Waals surface area (Å²) in [5.74, 6) is 0.388. The van der Waals surface area contributed by atoms with Gasteiger partial charge >= 0.3 is 0 Å². The molecule has 0 aliphatic carbocycles. The lowest BCUT2D eigenvalue weighted by Gasteiger charge is -2.34. The van der Waals surface area contributed by atoms with E-state index in [4.69, 9.17) is 0 Å². The molecule has 0 unspecified atom stereocenters. The SMILES string of the molecule is CC(C)c1cc(C(=O)N2CCN(Cc3ccc(Br)s3)CC2)nn1C(C)(C)C. The van der Waals surface area contributed by atoms with Crippen molar-refractivity contribution in [2.24, 2.45) is 0 Å². The molecule has 0 spiro atoms. The van der Waals surface area contributed by atoms with Gasteiger partial charge in [0.05, 0.1) is 9.33 Å². The molecular formula is C20H29BrN4OS. The number of halogens is 1. The second-order valence-corrected chi connectivity index (χ2v) is 11.0. The van der Waals surface area contributed by atoms with E-state index in [0.717, 1.165) is 38.4 Å². The largest absolute Gasteiger partial charge is 0.335 e. The summed E-state index contributed by atoms with van der Waals surface area (Å²) in [6, 6.07) is 6.24. The highest BCUT2D eigenvalue weighted by atomic mass is 79.9. The summed E-state index contributed by atoms with van der Waals surface area (Å²) in [6.07, 6.45) is 0. The number of rotatable bonds is 4. The van der Waals surface area contributed by atoms with Crippen molar-refractivity contribution in [2.75, 3.05) is 26.2 Å². The van der Waals surface area contributed by atoms with Crippen LogP contribution >= 0.6 is 27.3 Å². The highest BCUT2D eigenvalue weighted by molar-refractivity contribution is 9.11. The first-order valence-corrected chi connectivity index (χ1v) is 11.1. The molecule has 0 N–H and O–H groups in total. The van der Waals surface area contributed by atoms with Crippen molar-refractivity contribution in [3.05, 3.63) is 38.3 Å². The second-order valence-electron chi connectivity index (χ2n) is 8.47. The Bertz CT molecular complexity index is 797. The van der Waals surface area contributed by atoms with Crippen LogP contribution in [0.2, 0.25) is 0 Å². The van der Waals surface area contributed by atoms with Crippen molar-refractivity contribution in [1.29, 1.82) is 0 Å². The van der Waals surface area contributed by atoms with Crippen LogP contribution in [0, 0.1) is 0 Å². The summed E-state index contributed by atoms with van der Waals surface area (Å²) in [5.41, 5.74) is 1.56. The van der Waals surface area contributed by atoms with Crippen molar-refractivity contribution in [2.45, 2.75) is 52.6 Å². The van der Waals surface area contributed by atoms with E-state index in [1.807, 2.05) is 15.6 Å². The number of hydrogen-bond donors (Lipinski definition) is 0. The molecule has 0 saturated carbocycles. The number of aromatic nitrogens is 2. The average Bonchev–Trinajstić information content (AvgIpc) is 3.21. The Morgan fingerprint density at radius 3 is 2.37 bits per heavy atom. The molecule has 148 valence electrons. The van der Waals surface area contributed by atoms with Crippen LogP contribution in [0.5, 0.6) is 0 Å². The molecule has 0 radical (unpaired) electrons. The maximum Gasteiger partial charge on any atom is 0.274 e. The zero-order chi connectivity index (χ0) is 19.8. The molecule has 0 atom stereocenters. The Morgan fingerprint density at radius 2 is 1.89 bits per heavy atom. The van der Waals surface area contributed by atoms with Crippen molar-refractivity contribution < 1.29 is 4.79 Å². The van der Waals surface area contributed by atoms with E-state index < -0.39 is 0 Å². The summed E-state index contributed by atoms with van der Waals surface area (Å²) in [7, 11) is 0. The quantitative estimate of drug-likeness (QED) is 0.683. The molecule has 0 bridgehead atoms. The Morgan fingerprint density at radius 1 is 1.22 bits per heavy atom. The van der Waals surface area contributed by atoms with Crippen LogP contribution in [-0.4, -0.2) is 51.7 Å². The van der Waals surface area contributed by atoms with E-state index >= 15 is 0 Å². The molecule has 2 aromatic heterocycles. The molecule has 7 heteroatoms. The predicted octanol–water partition coefficient (Wildman–Crippen LogP) is 4.54. The summed E-state index contributed by atoms with van der Waals surface area (Å²) in [4.78, 5) is 18.7. The normalized spacial score (nSPS) is 16.3. The van der Waals surface area contributed by atoms with Gasteiger partial charge in [-0.15, -0.1) is 11.3 Å². The maximum absolute atomic E-state index is 13.0. The molecule has 3 rings (SSSR count). The van der Waals surface area contributed by atoms with Crippen molar-refractivity contribution >= 4 is 33.2 Å². The van der Waals surface area contributed by atoms with Gasteiger partial charge in [-0.05, 0) is 60.8 Å². The lowest BCUT2D eigenvalue weighted by molar-refractivity contribution is 0.0622.